The van der Waals surface area contributed by atoms with Crippen LogP contribution in [-0.2, 0) is 27.9 Å². The van der Waals surface area contributed by atoms with E-state index in [2.05, 4.69) is 52.9 Å². The summed E-state index contributed by atoms with van der Waals surface area (Å²) in [6, 6.07) is 16.8. The van der Waals surface area contributed by atoms with Gasteiger partial charge in [0, 0.05) is 19.7 Å². The lowest BCUT2D eigenvalue weighted by Gasteiger charge is -2.29. The second-order valence-corrected chi connectivity index (χ2v) is 15.5. The van der Waals surface area contributed by atoms with E-state index >= 15 is 0 Å². The average Bonchev–Trinajstić information content (AvgIpc) is 3.18. The minimum absolute atomic E-state index is 0.0132. The molecule has 0 aliphatic carbocycles. The van der Waals surface area contributed by atoms with Crippen molar-refractivity contribution in [2.75, 3.05) is 23.8 Å². The molecule has 1 aromatic heterocycles. The molecular weight excluding hydrogens is 612 g/mol. The molecule has 1 amide bonds. The van der Waals surface area contributed by atoms with Gasteiger partial charge in [-0.25, -0.2) is 13.1 Å². The zero-order valence-electron chi connectivity index (χ0n) is 27.4. The van der Waals surface area contributed by atoms with Crippen LogP contribution < -0.4 is 19.9 Å². The molecule has 0 aliphatic heterocycles. The summed E-state index contributed by atoms with van der Waals surface area (Å²) in [5.74, 6) is -0.0935. The first-order valence-electron chi connectivity index (χ1n) is 14.5. The predicted octanol–water partition coefficient (Wildman–Crippen LogP) is 6.82. The fourth-order valence-electron chi connectivity index (χ4n) is 5.16. The Hall–Kier alpha value is -4.02. The molecule has 0 fully saturated rings. The lowest BCUT2D eigenvalue weighted by Crippen LogP contribution is -2.32. The summed E-state index contributed by atoms with van der Waals surface area (Å²) in [7, 11) is 0.262. The molecule has 0 radical (unpaired) electrons. The molecule has 1 N–H and O–H groups in total. The molecule has 0 unspecified atom stereocenters. The van der Waals surface area contributed by atoms with Crippen LogP contribution in [0, 0.1) is 6.92 Å². The van der Waals surface area contributed by atoms with Crippen LogP contribution in [-0.4, -0.2) is 37.8 Å². The van der Waals surface area contributed by atoms with Gasteiger partial charge < -0.3 is 10.1 Å². The van der Waals surface area contributed by atoms with Crippen molar-refractivity contribution in [1.82, 2.24) is 9.36 Å². The highest BCUT2D eigenvalue weighted by Crippen LogP contribution is 2.41. The second-order valence-electron chi connectivity index (χ2n) is 13.1. The third kappa shape index (κ3) is 6.39. The van der Waals surface area contributed by atoms with Crippen LogP contribution in [0.5, 0.6) is 5.75 Å². The van der Waals surface area contributed by atoms with Gasteiger partial charge in [-0.1, -0.05) is 77.4 Å². The van der Waals surface area contributed by atoms with E-state index in [-0.39, 0.29) is 32.0 Å². The van der Waals surface area contributed by atoms with Crippen LogP contribution in [0.15, 0.2) is 70.4 Å². The van der Waals surface area contributed by atoms with Crippen LogP contribution in [0.4, 0.5) is 11.4 Å². The number of nitrogens with zero attached hydrogens (tertiary/aromatic N) is 3. The maximum absolute atomic E-state index is 13.9. The number of para-hydroxylation sites is 1. The largest absolute Gasteiger partial charge is 0.494 e. The zero-order chi connectivity index (χ0) is 33.6. The van der Waals surface area contributed by atoms with E-state index in [1.807, 2.05) is 12.1 Å². The zero-order valence-corrected chi connectivity index (χ0v) is 29.0. The number of carbonyl (C=O) groups is 1. The van der Waals surface area contributed by atoms with E-state index in [1.54, 1.807) is 50.0 Å². The molecule has 0 atom stereocenters. The number of ether oxygens (including phenoxy) is 1. The van der Waals surface area contributed by atoms with Crippen LogP contribution in [0.25, 0.3) is 5.69 Å². The van der Waals surface area contributed by atoms with E-state index in [4.69, 9.17) is 16.3 Å². The summed E-state index contributed by atoms with van der Waals surface area (Å²) in [6.07, 6.45) is 0. The molecule has 45 heavy (non-hydrogen) atoms. The van der Waals surface area contributed by atoms with E-state index < -0.39 is 21.5 Å². The molecule has 0 saturated heterocycles. The Morgan fingerprint density at radius 1 is 0.956 bits per heavy atom. The predicted molar refractivity (Wildman–Crippen MR) is 181 cm³/mol. The minimum Gasteiger partial charge on any atom is -0.494 e. The number of methoxy groups -OCH3 is 1. The van der Waals surface area contributed by atoms with Crippen molar-refractivity contribution in [3.05, 3.63) is 98.4 Å². The smallest absolute Gasteiger partial charge is 0.296 e. The monoisotopic (exact) mass is 652 g/mol. The number of benzene rings is 3. The van der Waals surface area contributed by atoms with Crippen molar-refractivity contribution >= 4 is 38.9 Å². The summed E-state index contributed by atoms with van der Waals surface area (Å²) in [6.45, 7) is 14.1. The highest BCUT2D eigenvalue weighted by atomic mass is 35.5. The van der Waals surface area contributed by atoms with Crippen molar-refractivity contribution in [3.8, 4) is 11.4 Å². The second kappa shape index (κ2) is 12.1. The average molecular weight is 653 g/mol. The molecule has 1 heterocycles. The molecule has 4 aromatic rings. The van der Waals surface area contributed by atoms with Crippen LogP contribution in [0.2, 0.25) is 5.02 Å². The summed E-state index contributed by atoms with van der Waals surface area (Å²) in [4.78, 5) is 27.1. The molecule has 240 valence electrons. The summed E-state index contributed by atoms with van der Waals surface area (Å²) >= 11 is 6.47. The SMILES string of the molecule is COc1c(NC(=O)c2cc(S(=O)(=O)N(C)c3c(C)n(C)n(-c4ccccc4)c3=O)ccc2Cl)cc(C(C)(C)C)cc1C(C)(C)C. The quantitative estimate of drug-likeness (QED) is 0.236. The van der Waals surface area contributed by atoms with Crippen LogP contribution in [0.1, 0.15) is 68.7 Å². The number of carbonyl (C=O) groups excluding carboxylic acids is 1. The fourth-order valence-corrected chi connectivity index (χ4v) is 6.63. The molecule has 3 aromatic carbocycles. The molecule has 0 aliphatic rings. The van der Waals surface area contributed by atoms with Gasteiger partial charge in [0.15, 0.2) is 0 Å². The van der Waals surface area contributed by atoms with Crippen molar-refractivity contribution in [2.45, 2.75) is 64.2 Å². The molecule has 0 saturated carbocycles. The Bertz CT molecular complexity index is 1930. The molecule has 0 spiro atoms. The maximum Gasteiger partial charge on any atom is 0.296 e. The Morgan fingerprint density at radius 2 is 1.58 bits per heavy atom. The third-order valence-electron chi connectivity index (χ3n) is 7.89. The van der Waals surface area contributed by atoms with Crippen LogP contribution in [0.3, 0.4) is 0 Å². The van der Waals surface area contributed by atoms with Gasteiger partial charge in [0.1, 0.15) is 11.4 Å². The van der Waals surface area contributed by atoms with Gasteiger partial charge in [-0.15, -0.1) is 0 Å². The molecule has 4 rings (SSSR count). The summed E-state index contributed by atoms with van der Waals surface area (Å²) in [5, 5.41) is 2.98. The number of nitrogens with one attached hydrogen (secondary N) is 1. The number of amides is 1. The van der Waals surface area contributed by atoms with Gasteiger partial charge in [-0.3, -0.25) is 18.6 Å². The van der Waals surface area contributed by atoms with Gasteiger partial charge in [0.2, 0.25) is 0 Å². The number of halogens is 1. The summed E-state index contributed by atoms with van der Waals surface area (Å²) in [5.41, 5.74) is 2.32. The lowest BCUT2D eigenvalue weighted by molar-refractivity contribution is 0.102. The minimum atomic E-state index is -4.29. The van der Waals surface area contributed by atoms with Crippen molar-refractivity contribution < 1.29 is 17.9 Å². The van der Waals surface area contributed by atoms with E-state index in [0.717, 1.165) is 15.4 Å². The van der Waals surface area contributed by atoms with E-state index in [9.17, 15) is 18.0 Å². The van der Waals surface area contributed by atoms with Gasteiger partial charge in [0.25, 0.3) is 21.5 Å². The Kier molecular flexibility index (Phi) is 9.07. The van der Waals surface area contributed by atoms with Crippen molar-refractivity contribution in [3.63, 3.8) is 0 Å². The molecule has 9 nitrogen and oxygen atoms in total. The lowest BCUT2D eigenvalue weighted by atomic mass is 9.79. The highest BCUT2D eigenvalue weighted by molar-refractivity contribution is 7.92. The van der Waals surface area contributed by atoms with Gasteiger partial charge in [-0.2, -0.15) is 0 Å². The van der Waals surface area contributed by atoms with Crippen molar-refractivity contribution in [2.24, 2.45) is 7.05 Å². The number of hydrogen-bond acceptors (Lipinski definition) is 5. The Balaban J connectivity index is 1.77. The van der Waals surface area contributed by atoms with Gasteiger partial charge in [-0.05, 0) is 59.7 Å². The topological polar surface area (TPSA) is 103 Å². The number of aromatic nitrogens is 2. The third-order valence-corrected chi connectivity index (χ3v) is 9.98. The Labute approximate surface area is 270 Å². The first-order chi connectivity index (χ1) is 20.8. The maximum atomic E-state index is 13.9. The van der Waals surface area contributed by atoms with Gasteiger partial charge >= 0.3 is 0 Å². The Morgan fingerprint density at radius 3 is 2.13 bits per heavy atom. The molecule has 11 heteroatoms. The molecular formula is C34H41ClN4O5S. The number of rotatable bonds is 7. The van der Waals surface area contributed by atoms with E-state index in [0.29, 0.717) is 22.8 Å². The normalized spacial score (nSPS) is 12.2. The number of hydrogen-bond donors (Lipinski definition) is 1. The van der Waals surface area contributed by atoms with Crippen LogP contribution >= 0.6 is 11.6 Å². The standard InChI is InChI=1S/C34H41ClN4O5S/c1-21-29(32(41)39(37(21)8)23-14-12-11-13-15-23)38(9)45(42,43)24-16-17-27(35)25(20-24)31(40)36-28-19-22(33(2,3)4)18-26(30(28)44-10)34(5,6)7/h11-20H,1-10H3,(H,36,40). The van der Waals surface area contributed by atoms with Gasteiger partial charge in [0.05, 0.1) is 39.7 Å². The highest BCUT2D eigenvalue weighted by Gasteiger charge is 2.31. The summed E-state index contributed by atoms with van der Waals surface area (Å²) < 4.78 is 37.6. The fraction of sp³-hybridized carbons (Fsp3) is 0.353. The first kappa shape index (κ1) is 33.9. The van der Waals surface area contributed by atoms with Crippen molar-refractivity contribution in [1.29, 1.82) is 0 Å². The molecule has 0 bridgehead atoms. The number of sulfonamides is 1. The first-order valence-corrected chi connectivity index (χ1v) is 16.3. The number of anilines is 2. The van der Waals surface area contributed by atoms with E-state index in [1.165, 1.54) is 29.9 Å².